The molecule has 1 aliphatic heterocycles. The van der Waals surface area contributed by atoms with E-state index in [4.69, 9.17) is 0 Å². The zero-order valence-corrected chi connectivity index (χ0v) is 8.80. The van der Waals surface area contributed by atoms with Gasteiger partial charge in [0.05, 0.1) is 5.69 Å². The van der Waals surface area contributed by atoms with Gasteiger partial charge in [0.2, 0.25) is 0 Å². The summed E-state index contributed by atoms with van der Waals surface area (Å²) < 4.78 is 1.54. The van der Waals surface area contributed by atoms with E-state index in [9.17, 15) is 4.79 Å². The van der Waals surface area contributed by atoms with Crippen molar-refractivity contribution in [2.75, 3.05) is 6.54 Å². The molecule has 5 nitrogen and oxygen atoms in total. The second-order valence-corrected chi connectivity index (χ2v) is 4.49. The van der Waals surface area contributed by atoms with Crippen LogP contribution in [0.2, 0.25) is 0 Å². The Hall–Kier alpha value is -1.40. The van der Waals surface area contributed by atoms with Gasteiger partial charge in [-0.3, -0.25) is 0 Å². The number of aromatic nitrogens is 3. The van der Waals surface area contributed by atoms with Gasteiger partial charge < -0.3 is 10.3 Å². The fourth-order valence-corrected chi connectivity index (χ4v) is 2.74. The van der Waals surface area contributed by atoms with Crippen LogP contribution in [0.5, 0.6) is 0 Å². The molecule has 0 aliphatic carbocycles. The van der Waals surface area contributed by atoms with Crippen LogP contribution in [0.4, 0.5) is 0 Å². The molecular formula is C9H10N4OS. The normalized spacial score (nSPS) is 15.2. The summed E-state index contributed by atoms with van der Waals surface area (Å²) in [4.78, 5) is 19.7. The standard InChI is InChI=1S/C9H10N4OS/c14-8-11-3-4-13(8)9-12-6-1-2-10-5-7(6)15-9/h3-4,10H,1-2,5H2,(H,11,14). The number of imidazole rings is 1. The molecule has 0 saturated carbocycles. The lowest BCUT2D eigenvalue weighted by Gasteiger charge is -2.09. The first-order chi connectivity index (χ1) is 7.34. The summed E-state index contributed by atoms with van der Waals surface area (Å²) in [5, 5.41) is 4.05. The molecule has 0 spiro atoms. The zero-order valence-electron chi connectivity index (χ0n) is 7.99. The van der Waals surface area contributed by atoms with Crippen LogP contribution in [0.3, 0.4) is 0 Å². The first-order valence-corrected chi connectivity index (χ1v) is 5.62. The minimum Gasteiger partial charge on any atom is -0.312 e. The van der Waals surface area contributed by atoms with Gasteiger partial charge in [-0.25, -0.2) is 14.3 Å². The molecule has 3 heterocycles. The lowest BCUT2D eigenvalue weighted by Crippen LogP contribution is -2.22. The predicted octanol–water partition coefficient (Wildman–Crippen LogP) is 0.268. The molecule has 0 bridgehead atoms. The molecule has 78 valence electrons. The molecule has 3 rings (SSSR count). The van der Waals surface area contributed by atoms with Gasteiger partial charge in [0.15, 0.2) is 5.13 Å². The van der Waals surface area contributed by atoms with Crippen molar-refractivity contribution in [1.82, 2.24) is 19.9 Å². The molecule has 0 fully saturated rings. The van der Waals surface area contributed by atoms with Crippen molar-refractivity contribution in [2.24, 2.45) is 0 Å². The third-order valence-corrected chi connectivity index (χ3v) is 3.54. The van der Waals surface area contributed by atoms with Crippen LogP contribution in [0.1, 0.15) is 10.6 Å². The van der Waals surface area contributed by atoms with E-state index >= 15 is 0 Å². The second kappa shape index (κ2) is 3.32. The topological polar surface area (TPSA) is 62.7 Å². The molecule has 0 radical (unpaired) electrons. The van der Waals surface area contributed by atoms with Crippen LogP contribution in [0.15, 0.2) is 17.2 Å². The zero-order chi connectivity index (χ0) is 10.3. The maximum Gasteiger partial charge on any atom is 0.331 e. The number of H-pyrrole nitrogens is 1. The van der Waals surface area contributed by atoms with Gasteiger partial charge in [0.1, 0.15) is 0 Å². The van der Waals surface area contributed by atoms with Crippen LogP contribution in [0.25, 0.3) is 5.13 Å². The third-order valence-electron chi connectivity index (χ3n) is 2.45. The smallest absolute Gasteiger partial charge is 0.312 e. The lowest BCUT2D eigenvalue weighted by atomic mass is 10.2. The number of hydrogen-bond donors (Lipinski definition) is 2. The summed E-state index contributed by atoms with van der Waals surface area (Å²) in [5.41, 5.74) is 0.996. The second-order valence-electron chi connectivity index (χ2n) is 3.43. The van der Waals surface area contributed by atoms with E-state index in [-0.39, 0.29) is 5.69 Å². The van der Waals surface area contributed by atoms with E-state index < -0.39 is 0 Å². The van der Waals surface area contributed by atoms with Gasteiger partial charge in [-0.2, -0.15) is 0 Å². The van der Waals surface area contributed by atoms with Gasteiger partial charge in [0.25, 0.3) is 0 Å². The average Bonchev–Trinajstić information content (AvgIpc) is 2.82. The highest BCUT2D eigenvalue weighted by Gasteiger charge is 2.16. The van der Waals surface area contributed by atoms with Crippen LogP contribution >= 0.6 is 11.3 Å². The van der Waals surface area contributed by atoms with Gasteiger partial charge in [-0.1, -0.05) is 11.3 Å². The Morgan fingerprint density at radius 2 is 2.47 bits per heavy atom. The molecule has 15 heavy (non-hydrogen) atoms. The maximum absolute atomic E-state index is 11.4. The Morgan fingerprint density at radius 3 is 3.20 bits per heavy atom. The number of nitrogens with zero attached hydrogens (tertiary/aromatic N) is 2. The van der Waals surface area contributed by atoms with E-state index in [0.29, 0.717) is 0 Å². The first-order valence-electron chi connectivity index (χ1n) is 4.80. The van der Waals surface area contributed by atoms with Crippen molar-refractivity contribution in [3.05, 3.63) is 33.4 Å². The Labute approximate surface area is 89.8 Å². The third kappa shape index (κ3) is 1.42. The number of thiazole rings is 1. The first kappa shape index (κ1) is 8.87. The number of fused-ring (bicyclic) bond motifs is 1. The number of rotatable bonds is 1. The molecule has 0 unspecified atom stereocenters. The SMILES string of the molecule is O=c1[nH]ccn1-c1nc2c(s1)CNCC2. The molecule has 0 saturated heterocycles. The summed E-state index contributed by atoms with van der Waals surface area (Å²) in [5.74, 6) is 0. The summed E-state index contributed by atoms with van der Waals surface area (Å²) in [6.07, 6.45) is 4.28. The Kier molecular flexibility index (Phi) is 1.96. The molecule has 2 N–H and O–H groups in total. The van der Waals surface area contributed by atoms with Gasteiger partial charge in [-0.05, 0) is 0 Å². The van der Waals surface area contributed by atoms with Crippen LogP contribution in [-0.2, 0) is 13.0 Å². The van der Waals surface area contributed by atoms with Crippen LogP contribution in [0, 0.1) is 0 Å². The molecule has 0 aromatic carbocycles. The Morgan fingerprint density at radius 1 is 1.53 bits per heavy atom. The Bertz CT molecular complexity index is 515. The van der Waals surface area contributed by atoms with Gasteiger partial charge in [0, 0.05) is 36.8 Å². The minimum atomic E-state index is -0.131. The Balaban J connectivity index is 2.10. The van der Waals surface area contributed by atoms with E-state index in [2.05, 4.69) is 15.3 Å². The highest BCUT2D eigenvalue weighted by atomic mass is 32.1. The maximum atomic E-state index is 11.4. The predicted molar refractivity (Wildman–Crippen MR) is 57.5 cm³/mol. The van der Waals surface area contributed by atoms with E-state index in [0.717, 1.165) is 30.3 Å². The summed E-state index contributed by atoms with van der Waals surface area (Å²) in [7, 11) is 0. The number of nitrogens with one attached hydrogen (secondary N) is 2. The van der Waals surface area contributed by atoms with Gasteiger partial charge in [-0.15, -0.1) is 0 Å². The molecule has 6 heteroatoms. The summed E-state index contributed by atoms with van der Waals surface area (Å²) in [6.45, 7) is 1.84. The van der Waals surface area contributed by atoms with Crippen molar-refractivity contribution in [3.8, 4) is 5.13 Å². The molecule has 1 aliphatic rings. The van der Waals surface area contributed by atoms with Crippen LogP contribution in [-0.4, -0.2) is 21.1 Å². The highest BCUT2D eigenvalue weighted by Crippen LogP contribution is 2.23. The summed E-state index contributed by atoms with van der Waals surface area (Å²) in [6, 6.07) is 0. The number of hydrogen-bond acceptors (Lipinski definition) is 4. The van der Waals surface area contributed by atoms with Gasteiger partial charge >= 0.3 is 5.69 Å². The van der Waals surface area contributed by atoms with E-state index in [1.807, 2.05) is 0 Å². The summed E-state index contributed by atoms with van der Waals surface area (Å²) >= 11 is 1.58. The van der Waals surface area contributed by atoms with Crippen molar-refractivity contribution in [1.29, 1.82) is 0 Å². The average molecular weight is 222 g/mol. The molecular weight excluding hydrogens is 212 g/mol. The van der Waals surface area contributed by atoms with Crippen molar-refractivity contribution in [2.45, 2.75) is 13.0 Å². The van der Waals surface area contributed by atoms with Crippen molar-refractivity contribution < 1.29 is 0 Å². The van der Waals surface area contributed by atoms with Crippen molar-refractivity contribution >= 4 is 11.3 Å². The monoisotopic (exact) mass is 222 g/mol. The van der Waals surface area contributed by atoms with Crippen molar-refractivity contribution in [3.63, 3.8) is 0 Å². The number of aromatic amines is 1. The largest absolute Gasteiger partial charge is 0.331 e. The molecule has 2 aromatic heterocycles. The fourth-order valence-electron chi connectivity index (χ4n) is 1.69. The highest BCUT2D eigenvalue weighted by molar-refractivity contribution is 7.14. The quantitative estimate of drug-likeness (QED) is 0.728. The molecule has 0 amide bonds. The van der Waals surface area contributed by atoms with Crippen LogP contribution < -0.4 is 11.0 Å². The molecule has 0 atom stereocenters. The van der Waals surface area contributed by atoms with E-state index in [1.165, 1.54) is 4.88 Å². The fraction of sp³-hybridized carbons (Fsp3) is 0.333. The van der Waals surface area contributed by atoms with E-state index in [1.54, 1.807) is 28.3 Å². The molecule has 2 aromatic rings. The minimum absolute atomic E-state index is 0.131. The lowest BCUT2D eigenvalue weighted by molar-refractivity contribution is 0.643.